The summed E-state index contributed by atoms with van der Waals surface area (Å²) in [4.78, 5) is 10.6. The molecular formula is C9H9BrO2. The zero-order valence-corrected chi connectivity index (χ0v) is 8.51. The molecule has 0 saturated carbocycles. The molecule has 0 N–H and O–H groups in total. The molecule has 1 aromatic carbocycles. The van der Waals surface area contributed by atoms with Gasteiger partial charge in [0.2, 0.25) is 0 Å². The van der Waals surface area contributed by atoms with Gasteiger partial charge in [0.15, 0.2) is 0 Å². The molecule has 0 fully saturated rings. The molecule has 0 amide bonds. The van der Waals surface area contributed by atoms with Crippen molar-refractivity contribution in [3.63, 3.8) is 0 Å². The summed E-state index contributed by atoms with van der Waals surface area (Å²) in [6, 6.07) is 5.61. The molecule has 0 aromatic heterocycles. The second kappa shape index (κ2) is 3.72. The van der Waals surface area contributed by atoms with Crippen molar-refractivity contribution in [2.24, 2.45) is 0 Å². The van der Waals surface area contributed by atoms with Gasteiger partial charge >= 0.3 is 5.97 Å². The van der Waals surface area contributed by atoms with Gasteiger partial charge in [-0.15, -0.1) is 0 Å². The highest BCUT2D eigenvalue weighted by atomic mass is 79.9. The summed E-state index contributed by atoms with van der Waals surface area (Å²) in [5.74, 6) is 0.267. The van der Waals surface area contributed by atoms with Gasteiger partial charge in [0.05, 0.1) is 4.47 Å². The molecule has 0 aliphatic carbocycles. The molecule has 0 unspecified atom stereocenters. The summed E-state index contributed by atoms with van der Waals surface area (Å²) in [5, 5.41) is 0. The lowest BCUT2D eigenvalue weighted by atomic mass is 10.2. The number of carbonyl (C=O) groups excluding carboxylic acids is 1. The average molecular weight is 229 g/mol. The number of hydrogen-bond donors (Lipinski definition) is 0. The van der Waals surface area contributed by atoms with Gasteiger partial charge in [-0.25, -0.2) is 0 Å². The maximum Gasteiger partial charge on any atom is 0.308 e. The van der Waals surface area contributed by atoms with Crippen molar-refractivity contribution in [3.8, 4) is 5.75 Å². The first-order valence-corrected chi connectivity index (χ1v) is 4.33. The van der Waals surface area contributed by atoms with Crippen molar-refractivity contribution in [2.75, 3.05) is 0 Å². The molecule has 1 rings (SSSR count). The van der Waals surface area contributed by atoms with Gasteiger partial charge in [0, 0.05) is 6.92 Å². The van der Waals surface area contributed by atoms with E-state index in [9.17, 15) is 4.79 Å². The molecule has 0 spiro atoms. The van der Waals surface area contributed by atoms with E-state index >= 15 is 0 Å². The summed E-state index contributed by atoms with van der Waals surface area (Å²) in [6.07, 6.45) is 0. The van der Waals surface area contributed by atoms with Crippen molar-refractivity contribution in [2.45, 2.75) is 13.8 Å². The van der Waals surface area contributed by atoms with Crippen LogP contribution < -0.4 is 4.74 Å². The Kier molecular flexibility index (Phi) is 2.87. The molecule has 12 heavy (non-hydrogen) atoms. The lowest BCUT2D eigenvalue weighted by molar-refractivity contribution is -0.131. The van der Waals surface area contributed by atoms with E-state index in [2.05, 4.69) is 15.9 Å². The molecule has 0 aliphatic heterocycles. The van der Waals surface area contributed by atoms with Gasteiger partial charge in [0.25, 0.3) is 0 Å². The fourth-order valence-electron chi connectivity index (χ4n) is 0.844. The Bertz CT molecular complexity index is 307. The van der Waals surface area contributed by atoms with Gasteiger partial charge < -0.3 is 4.74 Å². The minimum absolute atomic E-state index is 0.304. The number of aryl methyl sites for hydroxylation is 1. The molecule has 0 radical (unpaired) electrons. The molecular weight excluding hydrogens is 220 g/mol. The SMILES string of the molecule is CC(=O)Oc1cc(C)ccc1Br. The molecule has 0 saturated heterocycles. The zero-order valence-electron chi connectivity index (χ0n) is 6.93. The monoisotopic (exact) mass is 228 g/mol. The third kappa shape index (κ3) is 2.34. The van der Waals surface area contributed by atoms with Crippen LogP contribution in [-0.2, 0) is 4.79 Å². The first-order chi connectivity index (χ1) is 5.59. The van der Waals surface area contributed by atoms with E-state index in [4.69, 9.17) is 4.74 Å². The molecule has 3 heteroatoms. The van der Waals surface area contributed by atoms with Crippen LogP contribution in [0.3, 0.4) is 0 Å². The highest BCUT2D eigenvalue weighted by Gasteiger charge is 2.02. The van der Waals surface area contributed by atoms with E-state index in [0.717, 1.165) is 10.0 Å². The van der Waals surface area contributed by atoms with E-state index in [1.54, 1.807) is 0 Å². The number of benzene rings is 1. The molecule has 0 heterocycles. The second-order valence-corrected chi connectivity index (χ2v) is 3.38. The third-order valence-corrected chi connectivity index (χ3v) is 2.00. The quantitative estimate of drug-likeness (QED) is 0.546. The first kappa shape index (κ1) is 9.26. The molecule has 0 atom stereocenters. The Morgan fingerprint density at radius 2 is 2.17 bits per heavy atom. The number of halogens is 1. The van der Waals surface area contributed by atoms with Crippen LogP contribution in [0.1, 0.15) is 12.5 Å². The maximum absolute atomic E-state index is 10.6. The summed E-state index contributed by atoms with van der Waals surface area (Å²) in [5.41, 5.74) is 1.06. The Morgan fingerprint density at radius 1 is 1.50 bits per heavy atom. The number of hydrogen-bond acceptors (Lipinski definition) is 2. The first-order valence-electron chi connectivity index (χ1n) is 3.54. The number of ether oxygens (including phenoxy) is 1. The molecule has 1 aromatic rings. The highest BCUT2D eigenvalue weighted by Crippen LogP contribution is 2.25. The fourth-order valence-corrected chi connectivity index (χ4v) is 1.17. The second-order valence-electron chi connectivity index (χ2n) is 2.53. The van der Waals surface area contributed by atoms with Gasteiger partial charge in [-0.3, -0.25) is 4.79 Å². The third-order valence-electron chi connectivity index (χ3n) is 1.34. The summed E-state index contributed by atoms with van der Waals surface area (Å²) in [7, 11) is 0. The largest absolute Gasteiger partial charge is 0.426 e. The lowest BCUT2D eigenvalue weighted by Gasteiger charge is -2.04. The Morgan fingerprint density at radius 3 is 2.75 bits per heavy atom. The lowest BCUT2D eigenvalue weighted by Crippen LogP contribution is -2.01. The Hall–Kier alpha value is -0.830. The maximum atomic E-state index is 10.6. The van der Waals surface area contributed by atoms with Crippen molar-refractivity contribution in [3.05, 3.63) is 28.2 Å². The van der Waals surface area contributed by atoms with E-state index in [-0.39, 0.29) is 5.97 Å². The van der Waals surface area contributed by atoms with Crippen molar-refractivity contribution < 1.29 is 9.53 Å². The number of carbonyl (C=O) groups is 1. The molecule has 2 nitrogen and oxygen atoms in total. The van der Waals surface area contributed by atoms with Gasteiger partial charge in [0.1, 0.15) is 5.75 Å². The summed E-state index contributed by atoms with van der Waals surface area (Å²) >= 11 is 3.28. The number of esters is 1. The van der Waals surface area contributed by atoms with Gasteiger partial charge in [-0.2, -0.15) is 0 Å². The average Bonchev–Trinajstić information content (AvgIpc) is 1.96. The standard InChI is InChI=1S/C9H9BrO2/c1-6-3-4-8(10)9(5-6)12-7(2)11/h3-5H,1-2H3. The Balaban J connectivity index is 2.97. The highest BCUT2D eigenvalue weighted by molar-refractivity contribution is 9.10. The van der Waals surface area contributed by atoms with E-state index in [1.807, 2.05) is 25.1 Å². The smallest absolute Gasteiger partial charge is 0.308 e. The topological polar surface area (TPSA) is 26.3 Å². The van der Waals surface area contributed by atoms with Crippen LogP contribution in [0.25, 0.3) is 0 Å². The van der Waals surface area contributed by atoms with Gasteiger partial charge in [-0.05, 0) is 40.5 Å². The minimum Gasteiger partial charge on any atom is -0.426 e. The zero-order chi connectivity index (χ0) is 9.14. The predicted octanol–water partition coefficient (Wildman–Crippen LogP) is 2.68. The van der Waals surface area contributed by atoms with Gasteiger partial charge in [-0.1, -0.05) is 6.07 Å². The predicted molar refractivity (Wildman–Crippen MR) is 50.2 cm³/mol. The van der Waals surface area contributed by atoms with Crippen molar-refractivity contribution in [1.82, 2.24) is 0 Å². The molecule has 64 valence electrons. The number of rotatable bonds is 1. The summed E-state index contributed by atoms with van der Waals surface area (Å²) < 4.78 is 5.73. The molecule has 0 bridgehead atoms. The fraction of sp³-hybridized carbons (Fsp3) is 0.222. The van der Waals surface area contributed by atoms with Crippen molar-refractivity contribution in [1.29, 1.82) is 0 Å². The van der Waals surface area contributed by atoms with Crippen LogP contribution >= 0.6 is 15.9 Å². The van der Waals surface area contributed by atoms with E-state index in [0.29, 0.717) is 5.75 Å². The summed E-state index contributed by atoms with van der Waals surface area (Å²) in [6.45, 7) is 3.33. The Labute approximate surface area is 79.7 Å². The van der Waals surface area contributed by atoms with Crippen LogP contribution in [0.4, 0.5) is 0 Å². The van der Waals surface area contributed by atoms with E-state index < -0.39 is 0 Å². The van der Waals surface area contributed by atoms with Crippen LogP contribution in [-0.4, -0.2) is 5.97 Å². The molecule has 0 aliphatic rings. The van der Waals surface area contributed by atoms with E-state index in [1.165, 1.54) is 6.92 Å². The van der Waals surface area contributed by atoms with Crippen LogP contribution in [0.2, 0.25) is 0 Å². The van der Waals surface area contributed by atoms with Crippen LogP contribution in [0.15, 0.2) is 22.7 Å². The van der Waals surface area contributed by atoms with Crippen molar-refractivity contribution >= 4 is 21.9 Å². The normalized spacial score (nSPS) is 9.58. The minimum atomic E-state index is -0.304. The van der Waals surface area contributed by atoms with Crippen LogP contribution in [0, 0.1) is 6.92 Å². The van der Waals surface area contributed by atoms with Crippen LogP contribution in [0.5, 0.6) is 5.75 Å².